The number of carbonyl (C=O) groups excluding carboxylic acids is 1. The highest BCUT2D eigenvalue weighted by atomic mass is 19.1. The number of carbonyl (C=O) groups is 1. The number of hydrogen-bond acceptors (Lipinski definition) is 3. The summed E-state index contributed by atoms with van der Waals surface area (Å²) in [6.45, 7) is 19.3. The Morgan fingerprint density at radius 1 is 0.896 bits per heavy atom. The van der Waals surface area contributed by atoms with Gasteiger partial charge < -0.3 is 10.5 Å². The maximum atomic E-state index is 14.6. The fraction of sp³-hybridized carbons (Fsp3) is 0.705. The van der Waals surface area contributed by atoms with Gasteiger partial charge in [-0.15, -0.1) is 0 Å². The van der Waals surface area contributed by atoms with Crippen molar-refractivity contribution in [2.24, 2.45) is 62.4 Å². The first-order valence-corrected chi connectivity index (χ1v) is 19.3. The number of rotatable bonds is 6. The van der Waals surface area contributed by atoms with Gasteiger partial charge in [-0.25, -0.2) is 4.39 Å². The molecule has 0 heterocycles. The minimum Gasteiger partial charge on any atom is -0.460 e. The van der Waals surface area contributed by atoms with Gasteiger partial charge in [0.05, 0.1) is 5.41 Å². The number of allylic oxidation sites excluding steroid dienone is 5. The van der Waals surface area contributed by atoms with E-state index in [9.17, 15) is 9.18 Å². The highest BCUT2D eigenvalue weighted by molar-refractivity contribution is 5.78. The van der Waals surface area contributed by atoms with Crippen LogP contribution in [0.25, 0.3) is 0 Å². The second-order valence-electron chi connectivity index (χ2n) is 18.9. The first kappa shape index (κ1) is 34.3. The molecule has 48 heavy (non-hydrogen) atoms. The molecule has 7 rings (SSSR count). The molecule has 0 saturated heterocycles. The summed E-state index contributed by atoms with van der Waals surface area (Å²) in [6, 6.07) is 9.68. The Morgan fingerprint density at radius 2 is 1.65 bits per heavy atom. The summed E-state index contributed by atoms with van der Waals surface area (Å²) >= 11 is 0. The van der Waals surface area contributed by atoms with Gasteiger partial charge in [-0.3, -0.25) is 4.79 Å². The van der Waals surface area contributed by atoms with Gasteiger partial charge in [0.25, 0.3) is 0 Å². The third-order valence-corrected chi connectivity index (χ3v) is 16.6. The Balaban J connectivity index is 1.12. The minimum atomic E-state index is -1.07. The third kappa shape index (κ3) is 4.84. The van der Waals surface area contributed by atoms with E-state index in [1.165, 1.54) is 68.1 Å². The Kier molecular flexibility index (Phi) is 8.33. The van der Waals surface area contributed by atoms with E-state index in [2.05, 4.69) is 60.3 Å². The van der Waals surface area contributed by atoms with Gasteiger partial charge >= 0.3 is 5.97 Å². The Labute approximate surface area is 290 Å². The number of nitrogens with two attached hydrogens (primary N) is 1. The first-order valence-electron chi connectivity index (χ1n) is 19.3. The number of alkyl halides is 1. The second kappa shape index (κ2) is 11.7. The monoisotopic (exact) mass is 655 g/mol. The predicted octanol–water partition coefficient (Wildman–Crippen LogP) is 10.7. The van der Waals surface area contributed by atoms with Crippen LogP contribution in [0.2, 0.25) is 0 Å². The van der Waals surface area contributed by atoms with E-state index in [1.807, 2.05) is 30.3 Å². The number of esters is 1. The Morgan fingerprint density at radius 3 is 2.31 bits per heavy atom. The molecule has 0 radical (unpaired) electrons. The lowest BCUT2D eigenvalue weighted by Gasteiger charge is -2.72. The van der Waals surface area contributed by atoms with Crippen LogP contribution < -0.4 is 5.73 Å². The van der Waals surface area contributed by atoms with E-state index in [0.29, 0.717) is 53.3 Å². The molecule has 0 spiro atoms. The molecule has 1 aromatic carbocycles. The average molecular weight is 656 g/mol. The summed E-state index contributed by atoms with van der Waals surface area (Å²) < 4.78 is 20.3. The van der Waals surface area contributed by atoms with Crippen molar-refractivity contribution in [1.82, 2.24) is 0 Å². The fourth-order valence-corrected chi connectivity index (χ4v) is 13.7. The van der Waals surface area contributed by atoms with Crippen molar-refractivity contribution in [3.05, 3.63) is 71.3 Å². The van der Waals surface area contributed by atoms with Crippen molar-refractivity contribution in [1.29, 1.82) is 0 Å². The molecule has 2 unspecified atom stereocenters. The highest BCUT2D eigenvalue weighted by Gasteiger charge is 2.70. The minimum absolute atomic E-state index is 0.00531. The second-order valence-corrected chi connectivity index (χ2v) is 18.9. The van der Waals surface area contributed by atoms with Crippen molar-refractivity contribution < 1.29 is 13.9 Å². The summed E-state index contributed by atoms with van der Waals surface area (Å²) in [7, 11) is 0. The smallest absolute Gasteiger partial charge is 0.315 e. The molecule has 6 aliphatic rings. The normalized spacial score (nSPS) is 44.6. The van der Waals surface area contributed by atoms with Crippen molar-refractivity contribution >= 4 is 5.97 Å². The standard InChI is InChI=1S/C44H62FNO2/c1-29(2)32-17-24-44(46)26-25-41(6)34(37(32)44)13-14-36-40(5)20-18-33(39(3,4)35(40)19-21-42(36,41)7)31-15-22-43(28-45,23-16-31)38(47)48-27-30-11-9-8-10-12-30/h8-12,15,18,32,34-37H,1,13-14,16-17,19-28,46H2,2-7H3/t32-,34+,35-,36?,37+,40-,41+,42+,43?,44-/m0/s1. The van der Waals surface area contributed by atoms with E-state index in [4.69, 9.17) is 10.5 Å². The van der Waals surface area contributed by atoms with Gasteiger partial charge in [0, 0.05) is 5.54 Å². The Bertz CT molecular complexity index is 1510. The molecule has 10 atom stereocenters. The molecule has 3 nitrogen and oxygen atoms in total. The molecule has 2 N–H and O–H groups in total. The number of ether oxygens (including phenoxy) is 1. The first-order chi connectivity index (χ1) is 22.7. The fourth-order valence-electron chi connectivity index (χ4n) is 13.7. The van der Waals surface area contributed by atoms with E-state index in [1.54, 1.807) is 0 Å². The summed E-state index contributed by atoms with van der Waals surface area (Å²) in [5.74, 6) is 2.74. The third-order valence-electron chi connectivity index (χ3n) is 16.6. The van der Waals surface area contributed by atoms with Crippen molar-refractivity contribution in [3.8, 4) is 0 Å². The number of hydrogen-bond donors (Lipinski definition) is 1. The van der Waals surface area contributed by atoms with E-state index < -0.39 is 18.1 Å². The summed E-state index contributed by atoms with van der Waals surface area (Å²) in [5, 5.41) is 0. The van der Waals surface area contributed by atoms with E-state index >= 15 is 0 Å². The zero-order valence-corrected chi connectivity index (χ0v) is 30.8. The number of fused-ring (bicyclic) bond motifs is 7. The van der Waals surface area contributed by atoms with Gasteiger partial charge in [-0.2, -0.15) is 0 Å². The Hall–Kier alpha value is -2.20. The van der Waals surface area contributed by atoms with Crippen molar-refractivity contribution in [2.75, 3.05) is 6.67 Å². The van der Waals surface area contributed by atoms with Gasteiger partial charge in [0.15, 0.2) is 0 Å². The van der Waals surface area contributed by atoms with Crippen LogP contribution >= 0.6 is 0 Å². The van der Waals surface area contributed by atoms with Crippen LogP contribution in [0.5, 0.6) is 0 Å². The van der Waals surface area contributed by atoms with Crippen LogP contribution in [0.15, 0.2) is 65.8 Å². The molecule has 0 bridgehead atoms. The van der Waals surface area contributed by atoms with Crippen LogP contribution in [0.4, 0.5) is 4.39 Å². The van der Waals surface area contributed by atoms with Crippen molar-refractivity contribution in [3.63, 3.8) is 0 Å². The van der Waals surface area contributed by atoms with Gasteiger partial charge in [0.2, 0.25) is 0 Å². The van der Waals surface area contributed by atoms with E-state index in [-0.39, 0.29) is 23.0 Å². The highest BCUT2D eigenvalue weighted by Crippen LogP contribution is 2.76. The SMILES string of the molecule is C=C(C)[C@@H]1CC[C@]2(N)CC[C@]3(C)[C@H](CCC4[C@@]5(C)CC=C(C6=CCC(CF)(C(=O)OCc7ccccc7)CC6)C(C)(C)[C@@H]5CC[C@]43C)[C@@H]12. The molecule has 6 aliphatic carbocycles. The molecule has 4 heteroatoms. The molecular formula is C44H62FNO2. The number of benzene rings is 1. The summed E-state index contributed by atoms with van der Waals surface area (Å²) in [4.78, 5) is 13.3. The van der Waals surface area contributed by atoms with Crippen LogP contribution in [0.3, 0.4) is 0 Å². The molecule has 0 aliphatic heterocycles. The zero-order valence-electron chi connectivity index (χ0n) is 30.8. The molecule has 4 fully saturated rings. The zero-order chi connectivity index (χ0) is 34.3. The lowest BCUT2D eigenvalue weighted by molar-refractivity contribution is -0.219. The summed E-state index contributed by atoms with van der Waals surface area (Å²) in [5.41, 5.74) is 12.2. The largest absolute Gasteiger partial charge is 0.460 e. The van der Waals surface area contributed by atoms with Gasteiger partial charge in [-0.1, -0.05) is 89.3 Å². The molecule has 1 aromatic rings. The predicted molar refractivity (Wildman–Crippen MR) is 194 cm³/mol. The quantitative estimate of drug-likeness (QED) is 0.245. The van der Waals surface area contributed by atoms with Crippen molar-refractivity contribution in [2.45, 2.75) is 131 Å². The molecular weight excluding hydrogens is 593 g/mol. The molecule has 4 saturated carbocycles. The van der Waals surface area contributed by atoms with Gasteiger partial charge in [-0.05, 0) is 152 Å². The van der Waals surface area contributed by atoms with Crippen LogP contribution in [0.1, 0.15) is 124 Å². The molecule has 0 amide bonds. The maximum absolute atomic E-state index is 14.6. The average Bonchev–Trinajstić information content (AvgIpc) is 3.42. The van der Waals surface area contributed by atoms with Crippen LogP contribution in [-0.4, -0.2) is 18.2 Å². The topological polar surface area (TPSA) is 52.3 Å². The lowest BCUT2D eigenvalue weighted by atomic mass is 9.33. The maximum Gasteiger partial charge on any atom is 0.315 e. The lowest BCUT2D eigenvalue weighted by Crippen LogP contribution is -2.67. The summed E-state index contributed by atoms with van der Waals surface area (Å²) in [6.07, 6.45) is 17.5. The van der Waals surface area contributed by atoms with Crippen LogP contribution in [-0.2, 0) is 16.1 Å². The van der Waals surface area contributed by atoms with Crippen LogP contribution in [0, 0.1) is 56.7 Å². The van der Waals surface area contributed by atoms with Gasteiger partial charge in [0.1, 0.15) is 13.3 Å². The molecule has 262 valence electrons. The number of halogens is 1. The van der Waals surface area contributed by atoms with E-state index in [0.717, 1.165) is 18.4 Å². The molecule has 0 aromatic heterocycles.